The molecule has 0 bridgehead atoms. The van der Waals surface area contributed by atoms with Crippen LogP contribution in [0.1, 0.15) is 39.5 Å². The normalized spacial score (nSPS) is 29.4. The van der Waals surface area contributed by atoms with Crippen molar-refractivity contribution in [2.45, 2.75) is 51.7 Å². The van der Waals surface area contributed by atoms with E-state index in [0.29, 0.717) is 24.8 Å². The van der Waals surface area contributed by atoms with E-state index in [9.17, 15) is 14.4 Å². The summed E-state index contributed by atoms with van der Waals surface area (Å²) in [5, 5.41) is 0. The topological polar surface area (TPSA) is 78.9 Å². The largest absolute Gasteiger partial charge is 0.461 e. The lowest BCUT2D eigenvalue weighted by atomic mass is 9.85. The van der Waals surface area contributed by atoms with Crippen LogP contribution in [0.4, 0.5) is 0 Å². The molecule has 1 aliphatic carbocycles. The van der Waals surface area contributed by atoms with Gasteiger partial charge in [-0.1, -0.05) is 27.0 Å². The molecule has 0 amide bonds. The van der Waals surface area contributed by atoms with Gasteiger partial charge >= 0.3 is 11.9 Å². The van der Waals surface area contributed by atoms with Gasteiger partial charge in [0.2, 0.25) is 0 Å². The third-order valence-corrected chi connectivity index (χ3v) is 5.33. The van der Waals surface area contributed by atoms with Crippen molar-refractivity contribution in [2.24, 2.45) is 11.8 Å². The molecule has 0 N–H and O–H groups in total. The summed E-state index contributed by atoms with van der Waals surface area (Å²) in [6.07, 6.45) is 2.63. The molecule has 0 aromatic carbocycles. The Labute approximate surface area is 160 Å². The summed E-state index contributed by atoms with van der Waals surface area (Å²) in [4.78, 5) is 36.5. The predicted octanol–water partition coefficient (Wildman–Crippen LogP) is 2.92. The minimum Gasteiger partial charge on any atom is -0.461 e. The number of fused-ring (bicyclic) bond motifs is 1. The molecule has 6 nitrogen and oxygen atoms in total. The first kappa shape index (κ1) is 21.1. The van der Waals surface area contributed by atoms with Gasteiger partial charge in [-0.15, -0.1) is 0 Å². The first-order chi connectivity index (χ1) is 12.8. The van der Waals surface area contributed by atoms with Gasteiger partial charge in [-0.2, -0.15) is 0 Å². The number of rotatable bonds is 5. The summed E-state index contributed by atoms with van der Waals surface area (Å²) in [7, 11) is 1.53. The van der Waals surface area contributed by atoms with Crippen molar-refractivity contribution >= 4 is 17.7 Å². The highest BCUT2D eigenvalue weighted by molar-refractivity contribution is 5.98. The zero-order valence-corrected chi connectivity index (χ0v) is 16.3. The molecule has 4 atom stereocenters. The van der Waals surface area contributed by atoms with Gasteiger partial charge in [-0.05, 0) is 30.9 Å². The van der Waals surface area contributed by atoms with Gasteiger partial charge in [0.25, 0.3) is 0 Å². The quantitative estimate of drug-likeness (QED) is 0.417. The van der Waals surface area contributed by atoms with Crippen LogP contribution in [-0.4, -0.2) is 43.6 Å². The number of methoxy groups -OCH3 is 1. The molecule has 1 fully saturated rings. The molecule has 0 saturated carbocycles. The second-order valence-corrected chi connectivity index (χ2v) is 7.16. The van der Waals surface area contributed by atoms with Crippen molar-refractivity contribution in [1.82, 2.24) is 0 Å². The van der Waals surface area contributed by atoms with Gasteiger partial charge < -0.3 is 14.2 Å². The molecular weight excluding hydrogens is 348 g/mol. The summed E-state index contributed by atoms with van der Waals surface area (Å²) >= 11 is 0. The third kappa shape index (κ3) is 4.95. The Morgan fingerprint density at radius 3 is 2.67 bits per heavy atom. The molecule has 1 saturated heterocycles. The highest BCUT2D eigenvalue weighted by Gasteiger charge is 2.40. The van der Waals surface area contributed by atoms with E-state index < -0.39 is 24.1 Å². The highest BCUT2D eigenvalue weighted by Crippen LogP contribution is 2.34. The molecule has 148 valence electrons. The van der Waals surface area contributed by atoms with Crippen LogP contribution in [0.2, 0.25) is 0 Å². The summed E-state index contributed by atoms with van der Waals surface area (Å²) in [5.41, 5.74) is 1.48. The van der Waals surface area contributed by atoms with Crippen LogP contribution in [0.3, 0.4) is 0 Å². The van der Waals surface area contributed by atoms with Crippen LogP contribution in [0.15, 0.2) is 36.0 Å². The fraction of sp³-hybridized carbons (Fsp3) is 0.571. The minimum atomic E-state index is -0.585. The second kappa shape index (κ2) is 9.13. The number of hydrogen-bond donors (Lipinski definition) is 0. The summed E-state index contributed by atoms with van der Waals surface area (Å²) in [6, 6.07) is 0. The van der Waals surface area contributed by atoms with Crippen molar-refractivity contribution in [3.63, 3.8) is 0 Å². The van der Waals surface area contributed by atoms with Gasteiger partial charge in [-0.3, -0.25) is 9.59 Å². The zero-order chi connectivity index (χ0) is 20.1. The lowest BCUT2D eigenvalue weighted by Gasteiger charge is -2.23. The van der Waals surface area contributed by atoms with Crippen LogP contribution >= 0.6 is 0 Å². The molecule has 1 heterocycles. The Balaban J connectivity index is 2.26. The lowest BCUT2D eigenvalue weighted by molar-refractivity contribution is -0.147. The number of Topliss-reactive ketones (excluding diaryl/α,β-unsaturated/α-hetero) is 1. The maximum Gasteiger partial charge on any atom is 0.334 e. The Bertz CT molecular complexity index is 674. The van der Waals surface area contributed by atoms with Crippen molar-refractivity contribution in [2.75, 3.05) is 13.7 Å². The van der Waals surface area contributed by atoms with E-state index in [1.807, 2.05) is 13.8 Å². The number of ketones is 1. The molecule has 2 aliphatic rings. The smallest absolute Gasteiger partial charge is 0.334 e. The van der Waals surface area contributed by atoms with E-state index in [-0.39, 0.29) is 36.3 Å². The number of hydrogen-bond acceptors (Lipinski definition) is 6. The molecule has 0 unspecified atom stereocenters. The molecule has 27 heavy (non-hydrogen) atoms. The molecular formula is C21H28O6. The molecule has 0 radical (unpaired) electrons. The third-order valence-electron chi connectivity index (χ3n) is 5.33. The average Bonchev–Trinajstić information content (AvgIpc) is 2.91. The molecule has 1 aliphatic heterocycles. The van der Waals surface area contributed by atoms with Gasteiger partial charge in [-0.25, -0.2) is 4.79 Å². The van der Waals surface area contributed by atoms with Crippen molar-refractivity contribution in [3.05, 3.63) is 36.0 Å². The lowest BCUT2D eigenvalue weighted by Crippen LogP contribution is -2.27. The van der Waals surface area contributed by atoms with Crippen molar-refractivity contribution in [1.29, 1.82) is 0 Å². The van der Waals surface area contributed by atoms with E-state index in [1.54, 1.807) is 6.08 Å². The second-order valence-electron chi connectivity index (χ2n) is 7.16. The van der Waals surface area contributed by atoms with Crippen molar-refractivity contribution in [3.8, 4) is 0 Å². The van der Waals surface area contributed by atoms with Crippen LogP contribution in [0.5, 0.6) is 0 Å². The summed E-state index contributed by atoms with van der Waals surface area (Å²) in [5.74, 6) is -1.54. The van der Waals surface area contributed by atoms with Gasteiger partial charge in [0.1, 0.15) is 12.7 Å². The molecule has 0 spiro atoms. The van der Waals surface area contributed by atoms with Gasteiger partial charge in [0, 0.05) is 30.6 Å². The molecule has 0 aromatic rings. The van der Waals surface area contributed by atoms with E-state index >= 15 is 0 Å². The molecule has 2 rings (SSSR count). The maximum atomic E-state index is 12.5. The van der Waals surface area contributed by atoms with Crippen LogP contribution in [0.25, 0.3) is 0 Å². The van der Waals surface area contributed by atoms with Gasteiger partial charge in [0.15, 0.2) is 5.78 Å². The molecule has 0 aromatic heterocycles. The number of ether oxygens (including phenoxy) is 3. The Kier molecular flexibility index (Phi) is 7.13. The summed E-state index contributed by atoms with van der Waals surface area (Å²) < 4.78 is 16.2. The average molecular weight is 376 g/mol. The van der Waals surface area contributed by atoms with E-state index in [0.717, 1.165) is 5.57 Å². The number of carbonyl (C=O) groups is 3. The van der Waals surface area contributed by atoms with E-state index in [4.69, 9.17) is 14.2 Å². The zero-order valence-electron chi connectivity index (χ0n) is 16.3. The van der Waals surface area contributed by atoms with Crippen molar-refractivity contribution < 1.29 is 28.6 Å². The first-order valence-electron chi connectivity index (χ1n) is 9.29. The van der Waals surface area contributed by atoms with Gasteiger partial charge in [0.05, 0.1) is 12.0 Å². The Morgan fingerprint density at radius 1 is 1.33 bits per heavy atom. The predicted molar refractivity (Wildman–Crippen MR) is 99.8 cm³/mol. The fourth-order valence-corrected chi connectivity index (χ4v) is 3.19. The summed E-state index contributed by atoms with van der Waals surface area (Å²) in [6.45, 7) is 11.5. The number of esters is 2. The van der Waals surface area contributed by atoms with Crippen LogP contribution in [0, 0.1) is 11.8 Å². The monoisotopic (exact) mass is 376 g/mol. The van der Waals surface area contributed by atoms with E-state index in [1.165, 1.54) is 7.11 Å². The Hall–Kier alpha value is -2.21. The molecule has 6 heteroatoms. The van der Waals surface area contributed by atoms with E-state index in [2.05, 4.69) is 13.2 Å². The standard InChI is InChI=1S/C21H28O6/c1-6-12(2)20(23)26-11-15-7-8-18(25-5)14(4)17(22)10-16-13(3)21(24)27-19(16)9-15/h9,12,16,18-19H,3-4,6-8,10-11H2,1-2,5H3/b15-9-/t12-,16+,18+,19-/m1/s1. The van der Waals surface area contributed by atoms with Crippen LogP contribution in [-0.2, 0) is 28.6 Å². The number of carbonyl (C=O) groups excluding carboxylic acids is 3. The minimum absolute atomic E-state index is 0.0877. The first-order valence-corrected chi connectivity index (χ1v) is 9.29. The van der Waals surface area contributed by atoms with Crippen LogP contribution < -0.4 is 0 Å². The fourth-order valence-electron chi connectivity index (χ4n) is 3.19. The highest BCUT2D eigenvalue weighted by atomic mass is 16.6. The maximum absolute atomic E-state index is 12.5. The SMILES string of the molecule is C=C1C(=O)C[C@H]2C(=C)C(=O)O[C@@H]2/C=C(\COC(=O)[C@H](C)CC)CC[C@@H]1OC. The Morgan fingerprint density at radius 2 is 2.04 bits per heavy atom.